The van der Waals surface area contributed by atoms with Crippen molar-refractivity contribution in [3.8, 4) is 6.07 Å². The normalized spacial score (nSPS) is 16.5. The molecule has 1 aromatic carbocycles. The van der Waals surface area contributed by atoms with Gasteiger partial charge in [-0.15, -0.1) is 0 Å². The minimum atomic E-state index is 0.689. The predicted octanol–water partition coefficient (Wildman–Crippen LogP) is 2.81. The number of likely N-dealkylation sites (tertiary alicyclic amines) is 1. The molecule has 0 radical (unpaired) electrons. The van der Waals surface area contributed by atoms with Gasteiger partial charge in [0.25, 0.3) is 0 Å². The van der Waals surface area contributed by atoms with Crippen LogP contribution in [-0.2, 0) is 6.54 Å². The van der Waals surface area contributed by atoms with Crippen LogP contribution in [0.2, 0.25) is 5.02 Å². The van der Waals surface area contributed by atoms with Crippen LogP contribution in [-0.4, -0.2) is 18.0 Å². The number of nitrogens with zero attached hydrogens (tertiary/aromatic N) is 2. The van der Waals surface area contributed by atoms with Crippen molar-refractivity contribution in [3.05, 3.63) is 34.3 Å². The summed E-state index contributed by atoms with van der Waals surface area (Å²) >= 11 is 6.10. The Balaban J connectivity index is 2.15. The molecule has 1 saturated heterocycles. The number of nitriles is 1. The molecule has 0 aliphatic carbocycles. The maximum Gasteiger partial charge on any atom is 0.0991 e. The van der Waals surface area contributed by atoms with Gasteiger partial charge in [0.2, 0.25) is 0 Å². The van der Waals surface area contributed by atoms with Crippen molar-refractivity contribution in [2.45, 2.75) is 19.4 Å². The quantitative estimate of drug-likeness (QED) is 0.767. The second kappa shape index (κ2) is 4.65. The zero-order chi connectivity index (χ0) is 10.7. The van der Waals surface area contributed by atoms with Crippen molar-refractivity contribution in [2.75, 3.05) is 13.1 Å². The van der Waals surface area contributed by atoms with Crippen LogP contribution >= 0.6 is 11.6 Å². The molecule has 0 amide bonds. The molecule has 1 aromatic rings. The van der Waals surface area contributed by atoms with Gasteiger partial charge in [-0.2, -0.15) is 5.26 Å². The molecule has 0 N–H and O–H groups in total. The molecule has 0 saturated carbocycles. The van der Waals surface area contributed by atoms with Crippen LogP contribution < -0.4 is 0 Å². The Kier molecular flexibility index (Phi) is 3.25. The predicted molar refractivity (Wildman–Crippen MR) is 60.7 cm³/mol. The fourth-order valence-electron chi connectivity index (χ4n) is 1.95. The molecule has 0 spiro atoms. The third-order valence-corrected chi connectivity index (χ3v) is 3.14. The third-order valence-electron chi connectivity index (χ3n) is 2.77. The molecule has 0 atom stereocenters. The molecule has 3 heteroatoms. The molecule has 78 valence electrons. The van der Waals surface area contributed by atoms with E-state index in [0.717, 1.165) is 30.2 Å². The molecule has 1 heterocycles. The van der Waals surface area contributed by atoms with E-state index >= 15 is 0 Å². The molecule has 2 rings (SSSR count). The number of benzene rings is 1. The number of rotatable bonds is 2. The van der Waals surface area contributed by atoms with Gasteiger partial charge in [0.15, 0.2) is 0 Å². The summed E-state index contributed by atoms with van der Waals surface area (Å²) in [7, 11) is 0. The van der Waals surface area contributed by atoms with Crippen LogP contribution in [0.25, 0.3) is 0 Å². The molecular weight excluding hydrogens is 208 g/mol. The van der Waals surface area contributed by atoms with E-state index in [-0.39, 0.29) is 0 Å². The van der Waals surface area contributed by atoms with Gasteiger partial charge in [0.1, 0.15) is 0 Å². The van der Waals surface area contributed by atoms with Gasteiger partial charge >= 0.3 is 0 Å². The summed E-state index contributed by atoms with van der Waals surface area (Å²) in [5.74, 6) is 0. The second-order valence-electron chi connectivity index (χ2n) is 3.90. The second-order valence-corrected chi connectivity index (χ2v) is 4.31. The van der Waals surface area contributed by atoms with E-state index in [0.29, 0.717) is 5.56 Å². The van der Waals surface area contributed by atoms with Crippen LogP contribution in [0.15, 0.2) is 18.2 Å². The Morgan fingerprint density at radius 3 is 2.73 bits per heavy atom. The first-order valence-corrected chi connectivity index (χ1v) is 5.58. The summed E-state index contributed by atoms with van der Waals surface area (Å²) in [6.45, 7) is 3.16. The van der Waals surface area contributed by atoms with E-state index in [1.807, 2.05) is 12.1 Å². The maximum atomic E-state index is 8.81. The van der Waals surface area contributed by atoms with Gasteiger partial charge in [-0.1, -0.05) is 11.6 Å². The number of hydrogen-bond donors (Lipinski definition) is 0. The zero-order valence-corrected chi connectivity index (χ0v) is 9.30. The van der Waals surface area contributed by atoms with E-state index in [4.69, 9.17) is 16.9 Å². The SMILES string of the molecule is N#Cc1ccc(Cl)c(CN2CCCC2)c1. The van der Waals surface area contributed by atoms with Gasteiger partial charge < -0.3 is 0 Å². The van der Waals surface area contributed by atoms with Gasteiger partial charge in [-0.05, 0) is 49.7 Å². The summed E-state index contributed by atoms with van der Waals surface area (Å²) in [6.07, 6.45) is 2.55. The van der Waals surface area contributed by atoms with E-state index < -0.39 is 0 Å². The molecule has 2 nitrogen and oxygen atoms in total. The summed E-state index contributed by atoms with van der Waals surface area (Å²) < 4.78 is 0. The minimum Gasteiger partial charge on any atom is -0.299 e. The molecule has 15 heavy (non-hydrogen) atoms. The fourth-order valence-corrected chi connectivity index (χ4v) is 2.12. The Morgan fingerprint density at radius 2 is 2.07 bits per heavy atom. The lowest BCUT2D eigenvalue weighted by Crippen LogP contribution is -2.18. The molecule has 1 aliphatic heterocycles. The lowest BCUT2D eigenvalue weighted by atomic mass is 10.1. The van der Waals surface area contributed by atoms with Crippen molar-refractivity contribution in [3.63, 3.8) is 0 Å². The minimum absolute atomic E-state index is 0.689. The average molecular weight is 221 g/mol. The molecule has 1 fully saturated rings. The Labute approximate surface area is 95.1 Å². The highest BCUT2D eigenvalue weighted by Crippen LogP contribution is 2.21. The van der Waals surface area contributed by atoms with Gasteiger partial charge in [-0.3, -0.25) is 4.90 Å². The fraction of sp³-hybridized carbons (Fsp3) is 0.417. The Bertz CT molecular complexity index is 389. The highest BCUT2D eigenvalue weighted by molar-refractivity contribution is 6.31. The number of halogens is 1. The molecule has 1 aliphatic rings. The highest BCUT2D eigenvalue weighted by Gasteiger charge is 2.13. The summed E-state index contributed by atoms with van der Waals surface area (Å²) in [5.41, 5.74) is 1.76. The van der Waals surface area contributed by atoms with Crippen LogP contribution in [0.5, 0.6) is 0 Å². The largest absolute Gasteiger partial charge is 0.299 e. The van der Waals surface area contributed by atoms with E-state index in [1.165, 1.54) is 12.8 Å². The smallest absolute Gasteiger partial charge is 0.0991 e. The van der Waals surface area contributed by atoms with Crippen molar-refractivity contribution in [2.24, 2.45) is 0 Å². The van der Waals surface area contributed by atoms with Crippen molar-refractivity contribution < 1.29 is 0 Å². The average Bonchev–Trinajstić information content (AvgIpc) is 2.74. The molecule has 0 unspecified atom stereocenters. The first kappa shape index (κ1) is 10.5. The lowest BCUT2D eigenvalue weighted by Gasteiger charge is -2.15. The Hall–Kier alpha value is -1.04. The highest BCUT2D eigenvalue weighted by atomic mass is 35.5. The van der Waals surface area contributed by atoms with Crippen LogP contribution in [0.1, 0.15) is 24.0 Å². The first-order chi connectivity index (χ1) is 7.29. The van der Waals surface area contributed by atoms with Crippen LogP contribution in [0, 0.1) is 11.3 Å². The van der Waals surface area contributed by atoms with Crippen LogP contribution in [0.3, 0.4) is 0 Å². The van der Waals surface area contributed by atoms with E-state index in [2.05, 4.69) is 11.0 Å². The van der Waals surface area contributed by atoms with Gasteiger partial charge in [-0.25, -0.2) is 0 Å². The zero-order valence-electron chi connectivity index (χ0n) is 8.54. The standard InChI is InChI=1S/C12H13ClN2/c13-12-4-3-10(8-14)7-11(12)9-15-5-1-2-6-15/h3-4,7H,1-2,5-6,9H2. The van der Waals surface area contributed by atoms with E-state index in [1.54, 1.807) is 6.07 Å². The molecule has 0 aromatic heterocycles. The number of hydrogen-bond acceptors (Lipinski definition) is 2. The molecule has 0 bridgehead atoms. The van der Waals surface area contributed by atoms with Gasteiger partial charge in [0, 0.05) is 11.6 Å². The lowest BCUT2D eigenvalue weighted by molar-refractivity contribution is 0.331. The van der Waals surface area contributed by atoms with Crippen molar-refractivity contribution >= 4 is 11.6 Å². The summed E-state index contributed by atoms with van der Waals surface area (Å²) in [6, 6.07) is 7.60. The van der Waals surface area contributed by atoms with Crippen LogP contribution in [0.4, 0.5) is 0 Å². The van der Waals surface area contributed by atoms with Crippen molar-refractivity contribution in [1.29, 1.82) is 5.26 Å². The monoisotopic (exact) mass is 220 g/mol. The van der Waals surface area contributed by atoms with E-state index in [9.17, 15) is 0 Å². The van der Waals surface area contributed by atoms with Gasteiger partial charge in [0.05, 0.1) is 11.6 Å². The third kappa shape index (κ3) is 2.50. The summed E-state index contributed by atoms with van der Waals surface area (Å²) in [4.78, 5) is 2.38. The molecular formula is C12H13ClN2. The first-order valence-electron chi connectivity index (χ1n) is 5.20. The van der Waals surface area contributed by atoms with Crippen molar-refractivity contribution in [1.82, 2.24) is 4.90 Å². The Morgan fingerprint density at radius 1 is 1.33 bits per heavy atom. The topological polar surface area (TPSA) is 27.0 Å². The maximum absolute atomic E-state index is 8.81. The summed E-state index contributed by atoms with van der Waals surface area (Å²) in [5, 5.41) is 9.57.